The van der Waals surface area contributed by atoms with Crippen LogP contribution in [0.5, 0.6) is 0 Å². The summed E-state index contributed by atoms with van der Waals surface area (Å²) < 4.78 is 0. The summed E-state index contributed by atoms with van der Waals surface area (Å²) in [6.07, 6.45) is 1.62. The van der Waals surface area contributed by atoms with Crippen LogP contribution in [0, 0.1) is 12.8 Å². The summed E-state index contributed by atoms with van der Waals surface area (Å²) in [6, 6.07) is 9.57. The van der Waals surface area contributed by atoms with Gasteiger partial charge in [0, 0.05) is 37.3 Å². The van der Waals surface area contributed by atoms with Crippen molar-refractivity contribution in [1.82, 2.24) is 15.2 Å². The number of halogens is 2. The van der Waals surface area contributed by atoms with E-state index in [0.29, 0.717) is 31.7 Å². The molecule has 8 heteroatoms. The molecular formula is C19H26Cl2N4O2. The highest BCUT2D eigenvalue weighted by Crippen LogP contribution is 2.23. The van der Waals surface area contributed by atoms with E-state index < -0.39 is 0 Å². The number of fused-ring (bicyclic) bond motifs is 1. The predicted octanol–water partition coefficient (Wildman–Crippen LogP) is 2.31. The zero-order valence-corrected chi connectivity index (χ0v) is 16.9. The summed E-state index contributed by atoms with van der Waals surface area (Å²) in [4.78, 5) is 31.6. The lowest BCUT2D eigenvalue weighted by Gasteiger charge is -2.32. The second-order valence-corrected chi connectivity index (χ2v) is 6.50. The zero-order valence-electron chi connectivity index (χ0n) is 15.3. The SMILES string of the molecule is Cc1ccc2cccc(C(=O)N3CCCC(C(=O)NCCN)C3)c2n1.Cl.Cl. The first-order valence-corrected chi connectivity index (χ1v) is 8.73. The molecule has 1 aliphatic rings. The first kappa shape index (κ1) is 23.1. The molecule has 0 aliphatic carbocycles. The molecule has 6 nitrogen and oxygen atoms in total. The minimum atomic E-state index is -0.172. The molecule has 3 N–H and O–H groups in total. The van der Waals surface area contributed by atoms with Crippen LogP contribution >= 0.6 is 24.8 Å². The summed E-state index contributed by atoms with van der Waals surface area (Å²) >= 11 is 0. The van der Waals surface area contributed by atoms with Crippen molar-refractivity contribution in [1.29, 1.82) is 0 Å². The third kappa shape index (κ3) is 5.31. The lowest BCUT2D eigenvalue weighted by molar-refractivity contribution is -0.126. The number of benzene rings is 1. The second-order valence-electron chi connectivity index (χ2n) is 6.50. The summed E-state index contributed by atoms with van der Waals surface area (Å²) in [5, 5.41) is 3.77. The van der Waals surface area contributed by atoms with E-state index in [1.807, 2.05) is 37.3 Å². The Morgan fingerprint density at radius 1 is 1.26 bits per heavy atom. The number of carbonyl (C=O) groups is 2. The number of likely N-dealkylation sites (tertiary alicyclic amines) is 1. The van der Waals surface area contributed by atoms with Gasteiger partial charge in [0.1, 0.15) is 0 Å². The van der Waals surface area contributed by atoms with Crippen LogP contribution in [-0.2, 0) is 4.79 Å². The van der Waals surface area contributed by atoms with Crippen LogP contribution in [0.3, 0.4) is 0 Å². The second kappa shape index (κ2) is 10.4. The van der Waals surface area contributed by atoms with Crippen molar-refractivity contribution in [3.8, 4) is 0 Å². The van der Waals surface area contributed by atoms with Crippen LogP contribution < -0.4 is 11.1 Å². The molecular weight excluding hydrogens is 387 g/mol. The molecule has 27 heavy (non-hydrogen) atoms. The Labute approximate surface area is 171 Å². The summed E-state index contributed by atoms with van der Waals surface area (Å²) in [5.41, 5.74) is 7.64. The molecule has 0 spiro atoms. The van der Waals surface area contributed by atoms with Crippen molar-refractivity contribution < 1.29 is 9.59 Å². The fourth-order valence-electron chi connectivity index (χ4n) is 3.30. The van der Waals surface area contributed by atoms with E-state index in [1.54, 1.807) is 4.90 Å². The number of hydrogen-bond acceptors (Lipinski definition) is 4. The smallest absolute Gasteiger partial charge is 0.256 e. The molecule has 0 radical (unpaired) electrons. The van der Waals surface area contributed by atoms with Gasteiger partial charge in [0.05, 0.1) is 17.0 Å². The third-order valence-corrected chi connectivity index (χ3v) is 4.61. The highest BCUT2D eigenvalue weighted by molar-refractivity contribution is 6.05. The molecule has 0 bridgehead atoms. The van der Waals surface area contributed by atoms with Crippen molar-refractivity contribution in [2.75, 3.05) is 26.2 Å². The van der Waals surface area contributed by atoms with Crippen LogP contribution in [-0.4, -0.2) is 47.9 Å². The number of para-hydroxylation sites is 1. The predicted molar refractivity (Wildman–Crippen MR) is 112 cm³/mol. The van der Waals surface area contributed by atoms with Gasteiger partial charge < -0.3 is 16.0 Å². The van der Waals surface area contributed by atoms with E-state index in [-0.39, 0.29) is 42.5 Å². The zero-order chi connectivity index (χ0) is 17.8. The van der Waals surface area contributed by atoms with Gasteiger partial charge >= 0.3 is 0 Å². The number of aryl methyl sites for hydroxylation is 1. The molecule has 2 aromatic rings. The van der Waals surface area contributed by atoms with Crippen molar-refractivity contribution in [3.63, 3.8) is 0 Å². The summed E-state index contributed by atoms with van der Waals surface area (Å²) in [7, 11) is 0. The summed E-state index contributed by atoms with van der Waals surface area (Å²) in [6.45, 7) is 3.91. The quantitative estimate of drug-likeness (QED) is 0.805. The number of hydrogen-bond donors (Lipinski definition) is 2. The standard InChI is InChI=1S/C19H24N4O2.2ClH/c1-13-7-8-14-4-2-6-16(17(14)22-13)19(25)23-11-3-5-15(12-23)18(24)21-10-9-20;;/h2,4,6-8,15H,3,5,9-12,20H2,1H3,(H,21,24);2*1H. The minimum absolute atomic E-state index is 0. The monoisotopic (exact) mass is 412 g/mol. The largest absolute Gasteiger partial charge is 0.355 e. The number of nitrogens with zero attached hydrogens (tertiary/aromatic N) is 2. The molecule has 1 aromatic heterocycles. The normalized spacial score (nSPS) is 16.2. The Balaban J connectivity index is 0.00000182. The van der Waals surface area contributed by atoms with Crippen LogP contribution in [0.25, 0.3) is 10.9 Å². The molecule has 1 unspecified atom stereocenters. The van der Waals surface area contributed by atoms with Crippen LogP contribution in [0.15, 0.2) is 30.3 Å². The Hall–Kier alpha value is -1.89. The van der Waals surface area contributed by atoms with Gasteiger partial charge in [-0.2, -0.15) is 0 Å². The Morgan fingerprint density at radius 2 is 2.04 bits per heavy atom. The fourth-order valence-corrected chi connectivity index (χ4v) is 3.30. The maximum atomic E-state index is 13.0. The number of aromatic nitrogens is 1. The average molecular weight is 413 g/mol. The molecule has 1 aliphatic heterocycles. The van der Waals surface area contributed by atoms with Gasteiger partial charge in [-0.1, -0.05) is 18.2 Å². The molecule has 0 saturated carbocycles. The van der Waals surface area contributed by atoms with Crippen LogP contribution in [0.4, 0.5) is 0 Å². The number of pyridine rings is 1. The number of nitrogens with one attached hydrogen (secondary N) is 1. The molecule has 2 amide bonds. The van der Waals surface area contributed by atoms with Gasteiger partial charge in [0.2, 0.25) is 5.91 Å². The first-order valence-electron chi connectivity index (χ1n) is 8.73. The minimum Gasteiger partial charge on any atom is -0.355 e. The van der Waals surface area contributed by atoms with Crippen molar-refractivity contribution in [2.45, 2.75) is 19.8 Å². The van der Waals surface area contributed by atoms with E-state index >= 15 is 0 Å². The fraction of sp³-hybridized carbons (Fsp3) is 0.421. The number of nitrogens with two attached hydrogens (primary N) is 1. The number of rotatable bonds is 4. The van der Waals surface area contributed by atoms with E-state index in [9.17, 15) is 9.59 Å². The lowest BCUT2D eigenvalue weighted by Crippen LogP contribution is -2.46. The maximum absolute atomic E-state index is 13.0. The molecule has 1 fully saturated rings. The van der Waals surface area contributed by atoms with Gasteiger partial charge in [-0.05, 0) is 31.9 Å². The first-order chi connectivity index (χ1) is 12.1. The summed E-state index contributed by atoms with van der Waals surface area (Å²) in [5.74, 6) is -0.246. The van der Waals surface area contributed by atoms with Gasteiger partial charge in [-0.25, -0.2) is 0 Å². The maximum Gasteiger partial charge on any atom is 0.256 e. The van der Waals surface area contributed by atoms with Gasteiger partial charge in [-0.3, -0.25) is 14.6 Å². The molecule has 1 atom stereocenters. The van der Waals surface area contributed by atoms with E-state index in [1.165, 1.54) is 0 Å². The molecule has 148 valence electrons. The number of amides is 2. The lowest BCUT2D eigenvalue weighted by atomic mass is 9.96. The molecule has 1 saturated heterocycles. The number of piperidine rings is 1. The Morgan fingerprint density at radius 3 is 2.78 bits per heavy atom. The van der Waals surface area contributed by atoms with Crippen molar-refractivity contribution in [3.05, 3.63) is 41.6 Å². The highest BCUT2D eigenvalue weighted by atomic mass is 35.5. The molecule has 1 aromatic carbocycles. The van der Waals surface area contributed by atoms with Gasteiger partial charge in [-0.15, -0.1) is 24.8 Å². The van der Waals surface area contributed by atoms with E-state index in [0.717, 1.165) is 29.4 Å². The van der Waals surface area contributed by atoms with E-state index in [2.05, 4.69) is 10.3 Å². The van der Waals surface area contributed by atoms with E-state index in [4.69, 9.17) is 5.73 Å². The highest BCUT2D eigenvalue weighted by Gasteiger charge is 2.29. The van der Waals surface area contributed by atoms with Crippen LogP contribution in [0.1, 0.15) is 28.9 Å². The molecule has 2 heterocycles. The average Bonchev–Trinajstić information content (AvgIpc) is 2.65. The van der Waals surface area contributed by atoms with Gasteiger partial charge in [0.25, 0.3) is 5.91 Å². The van der Waals surface area contributed by atoms with Crippen molar-refractivity contribution in [2.24, 2.45) is 11.7 Å². The van der Waals surface area contributed by atoms with Gasteiger partial charge in [0.15, 0.2) is 0 Å². The molecule has 3 rings (SSSR count). The Bertz CT molecular complexity index is 800. The van der Waals surface area contributed by atoms with Crippen molar-refractivity contribution >= 4 is 47.5 Å². The Kier molecular flexibility index (Phi) is 8.96. The number of carbonyl (C=O) groups excluding carboxylic acids is 2. The topological polar surface area (TPSA) is 88.3 Å². The third-order valence-electron chi connectivity index (χ3n) is 4.61. The van der Waals surface area contributed by atoms with Crippen LogP contribution in [0.2, 0.25) is 0 Å².